The second-order valence-corrected chi connectivity index (χ2v) is 28.7. The lowest BCUT2D eigenvalue weighted by Crippen LogP contribution is -2.61. The van der Waals surface area contributed by atoms with Crippen molar-refractivity contribution in [1.82, 2.24) is 19.7 Å². The maximum Gasteiger partial charge on any atom is 0.218 e. The number of aliphatic hydroxyl groups is 6. The van der Waals surface area contributed by atoms with E-state index in [9.17, 15) is 156 Å². The smallest absolute Gasteiger partial charge is 0.218 e. The highest BCUT2D eigenvalue weighted by Crippen LogP contribution is 2.29. The number of aliphatic carboxylic acids is 3. The van der Waals surface area contributed by atoms with Crippen molar-refractivity contribution in [1.29, 1.82) is 0 Å². The van der Waals surface area contributed by atoms with Crippen molar-refractivity contribution in [3.05, 3.63) is 0 Å². The van der Waals surface area contributed by atoms with Crippen LogP contribution in [0.25, 0.3) is 0 Å². The fourth-order valence-corrected chi connectivity index (χ4v) is 12.5. The Hall–Kier alpha value is -3.71. The van der Waals surface area contributed by atoms with Gasteiger partial charge < -0.3 is 148 Å². The number of nitrogens with zero attached hydrogens (tertiary/aromatic N) is 1. The summed E-state index contributed by atoms with van der Waals surface area (Å²) >= 11 is 0. The zero-order valence-corrected chi connectivity index (χ0v) is 57.6. The van der Waals surface area contributed by atoms with Crippen molar-refractivity contribution in [2.24, 2.45) is 17.8 Å². The van der Waals surface area contributed by atoms with Gasteiger partial charge in [0.05, 0.1) is 137 Å². The maximum atomic E-state index is 11.1. The van der Waals surface area contributed by atoms with Crippen LogP contribution in [0.3, 0.4) is 0 Å². The van der Waals surface area contributed by atoms with E-state index in [1.54, 1.807) is 9.44 Å². The molecular weight excluding hydrogens is 1590 g/mol. The first kappa shape index (κ1) is 111. The van der Waals surface area contributed by atoms with Crippen LogP contribution in [0.2, 0.25) is 0 Å². The van der Waals surface area contributed by atoms with E-state index < -0.39 is 252 Å². The molecule has 11 unspecified atom stereocenters. The number of likely N-dealkylation sites (tertiary alicyclic amines) is 1. The van der Waals surface area contributed by atoms with E-state index in [2.05, 4.69) is 31.0 Å². The van der Waals surface area contributed by atoms with Crippen LogP contribution in [0.5, 0.6) is 0 Å². The van der Waals surface area contributed by atoms with E-state index in [-0.39, 0.29) is 102 Å². The number of amides is 1. The number of ether oxygens (including phenoxy) is 6. The van der Waals surface area contributed by atoms with Gasteiger partial charge in [-0.05, 0) is 6.42 Å². The molecule has 0 aromatic carbocycles. The molecule has 104 heavy (non-hydrogen) atoms. The van der Waals surface area contributed by atoms with E-state index in [1.807, 2.05) is 0 Å². The fraction of sp³-hybridized carbons (Fsp3) is 0.909. The molecule has 6 saturated heterocycles. The Balaban J connectivity index is -0.000000290. The number of nitrogens with one attached hydrogen (secondary N) is 3. The molecule has 1 amide bonds. The first-order valence-corrected chi connectivity index (χ1v) is 36.4. The monoisotopic (exact) mass is 1680 g/mol. The molecule has 0 aliphatic carbocycles. The van der Waals surface area contributed by atoms with Gasteiger partial charge in [-0.25, -0.2) is 68.4 Å². The van der Waals surface area contributed by atoms with E-state index in [0.717, 1.165) is 7.11 Å². The number of carboxylic acid groups (broad SMARTS) is 3. The largest absolute Gasteiger partial charge is 0.735 e. The van der Waals surface area contributed by atoms with Crippen LogP contribution in [-0.2, 0) is 141 Å². The Morgan fingerprint density at radius 2 is 0.990 bits per heavy atom. The summed E-state index contributed by atoms with van der Waals surface area (Å²) in [5.74, 6) is -7.75. The third-order valence-corrected chi connectivity index (χ3v) is 17.1. The second kappa shape index (κ2) is 48.1. The lowest BCUT2D eigenvalue weighted by atomic mass is 9.87. The molecule has 0 saturated carbocycles. The highest BCUT2D eigenvalue weighted by atomic mass is 32.3. The van der Waals surface area contributed by atoms with Gasteiger partial charge in [0.15, 0.2) is 26.9 Å². The van der Waals surface area contributed by atoms with Gasteiger partial charge in [-0.3, -0.25) is 30.6 Å². The Morgan fingerprint density at radius 3 is 1.42 bits per heavy atom. The number of carboxylic acids is 3. The van der Waals surface area contributed by atoms with Crippen molar-refractivity contribution >= 4 is 96.4 Å². The number of carbonyl (C=O) groups excluding carboxylic acids is 4. The predicted octanol–water partition coefficient (Wildman–Crippen LogP) is -17.9. The minimum Gasteiger partial charge on any atom is -0.735 e. The highest BCUT2D eigenvalue weighted by molar-refractivity contribution is 7.84. The first-order valence-electron chi connectivity index (χ1n) is 27.0. The van der Waals surface area contributed by atoms with Crippen LogP contribution in [0, 0.1) is 17.8 Å². The molecule has 0 bridgehead atoms. The number of rotatable bonds is 24. The molecule has 6 aliphatic rings. The highest BCUT2D eigenvalue weighted by Gasteiger charge is 2.44. The number of hydrogen-bond donors (Lipinski definition) is 9. The van der Waals surface area contributed by atoms with Crippen LogP contribution < -0.4 is 30.1 Å². The minimum absolute atomic E-state index is 0. The average Bonchev–Trinajstić information content (AvgIpc) is 0.820. The number of methoxy groups -OCH3 is 1. The van der Waals surface area contributed by atoms with Crippen molar-refractivity contribution in [3.8, 4) is 0 Å². The SMILES string of the molecule is C.C.C.CC(=O)NC1COC(COS(=O)(=O)[O-])C[C@H]1O.CO[C@H]1OC(COS(=O)(=O)[O-])C[C@@H](O)C1NS(=O)(=O)[O-].C[C@@H]1C(C(=O)[O-])OCC(OS(=O)(=O)[O-])[C@@H]1O.O.O.O.O.O=C([O-])C1C[C@@H](O)C(OS(=O)(=O)[O-])CO1.O=C([O-])C1C[C@@H](O)CN(C[C@H]2C(COS(=O)(=O)[O-])OCC(NS(=O)(=O)[O-])[C@@H]2O)C1. The van der Waals surface area contributed by atoms with Gasteiger partial charge in [0, 0.05) is 76.7 Å². The molecule has 60 heteroatoms. The lowest BCUT2D eigenvalue weighted by molar-refractivity contribution is -0.324. The zero-order chi connectivity index (χ0) is 74.7. The molecule has 17 N–H and O–H groups in total. The maximum absolute atomic E-state index is 11.1. The second-order valence-electron chi connectivity index (χ2n) is 21.2. The molecule has 6 rings (SSSR count). The quantitative estimate of drug-likeness (QED) is 0.0320. The van der Waals surface area contributed by atoms with Crippen LogP contribution >= 0.6 is 0 Å². The third-order valence-electron chi connectivity index (χ3n) is 13.7. The summed E-state index contributed by atoms with van der Waals surface area (Å²) in [6, 6.07) is -3.26. The molecule has 0 spiro atoms. The molecule has 6 aliphatic heterocycles. The molecule has 6 heterocycles. The van der Waals surface area contributed by atoms with Gasteiger partial charge in [0.2, 0.25) is 57.9 Å². The van der Waals surface area contributed by atoms with Crippen LogP contribution in [0.15, 0.2) is 0 Å². The molecule has 0 radical (unpaired) electrons. The summed E-state index contributed by atoms with van der Waals surface area (Å²) in [5, 5.41) is 93.0. The van der Waals surface area contributed by atoms with Crippen molar-refractivity contribution in [2.75, 3.05) is 73.0 Å². The minimum atomic E-state index is -5.08. The van der Waals surface area contributed by atoms with Gasteiger partial charge in [-0.15, -0.1) is 0 Å². The molecule has 0 aromatic heterocycles. The first-order chi connectivity index (χ1) is 44.1. The van der Waals surface area contributed by atoms with Crippen molar-refractivity contribution < 1.29 is 227 Å². The van der Waals surface area contributed by atoms with Gasteiger partial charge in [0.25, 0.3) is 0 Å². The molecule has 20 atom stereocenters. The van der Waals surface area contributed by atoms with Gasteiger partial charge >= 0.3 is 0 Å². The van der Waals surface area contributed by atoms with E-state index >= 15 is 0 Å². The average molecular weight is 1680 g/mol. The van der Waals surface area contributed by atoms with Crippen LogP contribution in [0.1, 0.15) is 61.8 Å². The summed E-state index contributed by atoms with van der Waals surface area (Å²) < 4.78 is 273. The number of carbonyl (C=O) groups is 4. The summed E-state index contributed by atoms with van der Waals surface area (Å²) in [7, 11) is -33.4. The van der Waals surface area contributed by atoms with Gasteiger partial charge in [-0.2, -0.15) is 0 Å². The molecule has 53 nitrogen and oxygen atoms in total. The summed E-state index contributed by atoms with van der Waals surface area (Å²) in [6.07, 6.45) is -17.9. The topological polar surface area (TPSA) is 926 Å². The van der Waals surface area contributed by atoms with Crippen molar-refractivity contribution in [3.63, 3.8) is 0 Å². The zero-order valence-electron chi connectivity index (χ0n) is 51.9. The Bertz CT molecular complexity index is 3380. The van der Waals surface area contributed by atoms with Crippen LogP contribution in [-0.4, -0.2) is 349 Å². The van der Waals surface area contributed by atoms with Crippen LogP contribution in [0.4, 0.5) is 0 Å². The summed E-state index contributed by atoms with van der Waals surface area (Å²) in [4.78, 5) is 44.2. The summed E-state index contributed by atoms with van der Waals surface area (Å²) in [5.41, 5.74) is 0. The van der Waals surface area contributed by atoms with Gasteiger partial charge in [-0.1, -0.05) is 29.2 Å². The Kier molecular flexibility index (Phi) is 51.4. The van der Waals surface area contributed by atoms with Crippen molar-refractivity contribution in [2.45, 2.75) is 166 Å². The number of aliphatic hydroxyl groups excluding tert-OH is 6. The number of piperidine rings is 1. The molecular formula is C44H86N4O49S7-10. The Morgan fingerprint density at radius 1 is 0.519 bits per heavy atom. The standard InChI is InChI=1S/C13H24N2O12S2.C8H15NO7S.C7H15NO10S2.C7H12O8S.C6H10O8S.3CH4.4H2O/c16-8-1-7(13(18)19)2-15(3-8)4-9-11(6-27-29(23,24)25)26-5-10(12(9)17)14-28(20,21)22;1-5(10)9-7-4-15-6(2-8(7)11)3-16-17(12,13)14;1-16-7-6(8-19(10,11)12)5(9)2-4(18-7)3-17-20(13,14)15;1-3-5(8)4(15-16(11,12)13)2-14-6(3)7(9)10;7-3-1-4(6(8)9)13-2-5(3)14-15(10,11)12;;;;;;;/h7-12,14,16-17H,1-6H2,(H,18,19)(H,20,21,22)(H,23,24,25);6-8,11H,2-4H2,1H3,(H,9,10)(H,12,13,14);4-9H,2-3H2,1H3,(H,10,11,12)(H,13,14,15);3-6,8H,2H2,1H3,(H,9,10)(H,11,12,13);3-5,7H,1-2H2,(H,8,9)(H,10,11,12);3*1H4;4*1H2/p-10/t7?,8-,9+,10?,11?,12-;6?,7?,8-;4?,5-,6?,7+;3-,4?,5+,6?;3-,4?,5?;;;;;;;/m11101......./s1. The number of hydrogen-bond acceptors (Lipinski definition) is 46. The lowest BCUT2D eigenvalue weighted by Gasteiger charge is -2.44. The van der Waals surface area contributed by atoms with Gasteiger partial charge in [0.1, 0.15) is 18.3 Å². The molecule has 6 fully saturated rings. The van der Waals surface area contributed by atoms with E-state index in [0.29, 0.717) is 0 Å². The number of β-amino-alcohol motifs (C(OH)–C–C–N with tert-alkyl or cyclic N) is 1. The normalized spacial score (nSPS) is 31.0. The fourth-order valence-electron chi connectivity index (χ4n) is 9.46. The Labute approximate surface area is 597 Å². The molecule has 628 valence electrons. The summed E-state index contributed by atoms with van der Waals surface area (Å²) in [6.45, 7) is -0.959. The third kappa shape index (κ3) is 44.7. The molecule has 0 aromatic rings. The van der Waals surface area contributed by atoms with E-state index in [4.69, 9.17) is 23.7 Å². The predicted molar refractivity (Wildman–Crippen MR) is 318 cm³/mol. The van der Waals surface area contributed by atoms with E-state index in [1.165, 1.54) is 18.7 Å².